The van der Waals surface area contributed by atoms with Crippen LogP contribution in [-0.2, 0) is 0 Å². The van der Waals surface area contributed by atoms with Gasteiger partial charge >= 0.3 is 0 Å². The third-order valence-electron chi connectivity index (χ3n) is 3.96. The lowest BCUT2D eigenvalue weighted by Gasteiger charge is -2.34. The van der Waals surface area contributed by atoms with Gasteiger partial charge in [-0.25, -0.2) is 4.98 Å². The van der Waals surface area contributed by atoms with Gasteiger partial charge in [-0.05, 0) is 12.1 Å². The second kappa shape index (κ2) is 6.88. The van der Waals surface area contributed by atoms with Crippen molar-refractivity contribution in [2.24, 2.45) is 0 Å². The van der Waals surface area contributed by atoms with Crippen LogP contribution in [0.15, 0.2) is 29.1 Å². The van der Waals surface area contributed by atoms with E-state index in [2.05, 4.69) is 4.98 Å². The normalized spacial score (nSPS) is 14.5. The van der Waals surface area contributed by atoms with Crippen molar-refractivity contribution in [1.29, 1.82) is 0 Å². The molecule has 2 N–H and O–H groups in total. The average Bonchev–Trinajstić information content (AvgIpc) is 3.15. The van der Waals surface area contributed by atoms with Gasteiger partial charge in [0, 0.05) is 43.3 Å². The fraction of sp³-hybridized carbons (Fsp3) is 0.312. The molecule has 0 atom stereocenters. The Kier molecular flexibility index (Phi) is 4.66. The van der Waals surface area contributed by atoms with Gasteiger partial charge in [0.1, 0.15) is 11.4 Å². The number of methoxy groups -OCH3 is 1. The van der Waals surface area contributed by atoms with E-state index in [1.54, 1.807) is 38.9 Å². The Morgan fingerprint density at radius 3 is 2.42 bits per heavy atom. The van der Waals surface area contributed by atoms with Gasteiger partial charge in [-0.1, -0.05) is 0 Å². The highest BCUT2D eigenvalue weighted by Gasteiger charge is 2.27. The van der Waals surface area contributed by atoms with Gasteiger partial charge in [0.2, 0.25) is 0 Å². The molecular formula is C16H18N4O3S. The minimum Gasteiger partial charge on any atom is -0.496 e. The zero-order valence-electron chi connectivity index (χ0n) is 13.3. The lowest BCUT2D eigenvalue weighted by Crippen LogP contribution is -2.50. The Morgan fingerprint density at radius 2 is 1.83 bits per heavy atom. The Morgan fingerprint density at radius 1 is 1.17 bits per heavy atom. The molecule has 0 unspecified atom stereocenters. The van der Waals surface area contributed by atoms with Crippen molar-refractivity contribution < 1.29 is 14.3 Å². The smallest absolute Gasteiger partial charge is 0.273 e. The van der Waals surface area contributed by atoms with E-state index >= 15 is 0 Å². The number of nitrogen functional groups attached to an aromatic ring is 1. The number of hydrogen-bond donors (Lipinski definition) is 1. The van der Waals surface area contributed by atoms with Crippen molar-refractivity contribution in [3.05, 3.63) is 40.3 Å². The van der Waals surface area contributed by atoms with E-state index in [1.165, 1.54) is 18.4 Å². The van der Waals surface area contributed by atoms with Crippen molar-refractivity contribution in [2.45, 2.75) is 0 Å². The summed E-state index contributed by atoms with van der Waals surface area (Å²) < 4.78 is 5.25. The van der Waals surface area contributed by atoms with Gasteiger partial charge in [0.25, 0.3) is 11.8 Å². The number of thiazole rings is 1. The third-order valence-corrected chi connectivity index (χ3v) is 4.55. The lowest BCUT2D eigenvalue weighted by atomic mass is 10.1. The van der Waals surface area contributed by atoms with Crippen molar-refractivity contribution >= 4 is 28.8 Å². The standard InChI is InChI=1S/C16H18N4O3S/c1-23-14-8-11(17)2-3-12(14)15(21)19-4-6-20(7-5-19)16(22)13-9-24-10-18-13/h2-3,8-10H,4-7,17H2,1H3. The summed E-state index contributed by atoms with van der Waals surface area (Å²) in [4.78, 5) is 32.4. The molecule has 0 spiro atoms. The molecule has 1 aromatic heterocycles. The minimum atomic E-state index is -0.118. The van der Waals surface area contributed by atoms with E-state index in [0.717, 1.165) is 0 Å². The van der Waals surface area contributed by atoms with Crippen LogP contribution in [0, 0.1) is 0 Å². The Balaban J connectivity index is 1.66. The predicted octanol–water partition coefficient (Wildman–Crippen LogP) is 1.33. The zero-order valence-corrected chi connectivity index (χ0v) is 14.1. The summed E-state index contributed by atoms with van der Waals surface area (Å²) >= 11 is 1.39. The van der Waals surface area contributed by atoms with E-state index in [0.29, 0.717) is 48.9 Å². The number of hydrogen-bond acceptors (Lipinski definition) is 6. The van der Waals surface area contributed by atoms with Crippen molar-refractivity contribution in [2.75, 3.05) is 39.0 Å². The number of carbonyl (C=O) groups excluding carboxylic acids is 2. The van der Waals surface area contributed by atoms with Crippen molar-refractivity contribution in [3.8, 4) is 5.75 Å². The summed E-state index contributed by atoms with van der Waals surface area (Å²) in [6.07, 6.45) is 0. The Bertz CT molecular complexity index is 740. The van der Waals surface area contributed by atoms with E-state index in [9.17, 15) is 9.59 Å². The van der Waals surface area contributed by atoms with Gasteiger partial charge in [-0.3, -0.25) is 9.59 Å². The fourth-order valence-electron chi connectivity index (χ4n) is 2.65. The highest BCUT2D eigenvalue weighted by Crippen LogP contribution is 2.23. The maximum atomic E-state index is 12.7. The number of amides is 2. The van der Waals surface area contributed by atoms with E-state index < -0.39 is 0 Å². The molecule has 0 bridgehead atoms. The maximum Gasteiger partial charge on any atom is 0.273 e. The number of nitrogens with zero attached hydrogens (tertiary/aromatic N) is 3. The quantitative estimate of drug-likeness (QED) is 0.847. The van der Waals surface area contributed by atoms with Crippen LogP contribution in [0.1, 0.15) is 20.8 Å². The fourth-order valence-corrected chi connectivity index (χ4v) is 3.17. The molecule has 3 rings (SSSR count). The van der Waals surface area contributed by atoms with Crippen molar-refractivity contribution in [3.63, 3.8) is 0 Å². The molecule has 1 aliphatic heterocycles. The van der Waals surface area contributed by atoms with Crippen LogP contribution in [0.3, 0.4) is 0 Å². The molecule has 1 aliphatic rings. The van der Waals surface area contributed by atoms with Crippen LogP contribution in [-0.4, -0.2) is 59.9 Å². The first-order chi connectivity index (χ1) is 11.6. The zero-order chi connectivity index (χ0) is 17.1. The number of carbonyl (C=O) groups is 2. The second-order valence-electron chi connectivity index (χ2n) is 5.42. The Hall–Kier alpha value is -2.61. The van der Waals surface area contributed by atoms with Gasteiger partial charge in [0.15, 0.2) is 0 Å². The van der Waals surface area contributed by atoms with E-state index in [4.69, 9.17) is 10.5 Å². The van der Waals surface area contributed by atoms with Crippen LogP contribution in [0.25, 0.3) is 0 Å². The summed E-state index contributed by atoms with van der Waals surface area (Å²) in [5, 5.41) is 1.74. The van der Waals surface area contributed by atoms with Gasteiger partial charge in [0.05, 0.1) is 18.2 Å². The summed E-state index contributed by atoms with van der Waals surface area (Å²) in [7, 11) is 1.51. The predicted molar refractivity (Wildman–Crippen MR) is 91.3 cm³/mol. The number of benzene rings is 1. The molecular weight excluding hydrogens is 328 g/mol. The van der Waals surface area contributed by atoms with Gasteiger partial charge < -0.3 is 20.3 Å². The van der Waals surface area contributed by atoms with Crippen LogP contribution in [0.5, 0.6) is 5.75 Å². The average molecular weight is 346 g/mol. The largest absolute Gasteiger partial charge is 0.496 e. The number of rotatable bonds is 3. The number of piperazine rings is 1. The summed E-state index contributed by atoms with van der Waals surface area (Å²) in [5.41, 5.74) is 8.84. The third kappa shape index (κ3) is 3.18. The molecule has 24 heavy (non-hydrogen) atoms. The highest BCUT2D eigenvalue weighted by atomic mass is 32.1. The molecule has 1 saturated heterocycles. The molecule has 2 amide bonds. The minimum absolute atomic E-state index is 0.0894. The summed E-state index contributed by atoms with van der Waals surface area (Å²) in [5.74, 6) is 0.252. The second-order valence-corrected chi connectivity index (χ2v) is 6.14. The molecule has 2 aromatic rings. The number of nitrogens with two attached hydrogens (primary N) is 1. The molecule has 0 saturated carbocycles. The first-order valence-corrected chi connectivity index (χ1v) is 8.44. The highest BCUT2D eigenvalue weighted by molar-refractivity contribution is 7.07. The first kappa shape index (κ1) is 16.3. The molecule has 8 heteroatoms. The molecule has 0 aliphatic carbocycles. The molecule has 0 radical (unpaired) electrons. The summed E-state index contributed by atoms with van der Waals surface area (Å²) in [6.45, 7) is 1.92. The van der Waals surface area contributed by atoms with Crippen LogP contribution < -0.4 is 10.5 Å². The van der Waals surface area contributed by atoms with Crippen LogP contribution >= 0.6 is 11.3 Å². The maximum absolute atomic E-state index is 12.7. The monoisotopic (exact) mass is 346 g/mol. The van der Waals surface area contributed by atoms with Gasteiger partial charge in [-0.2, -0.15) is 0 Å². The molecule has 2 heterocycles. The van der Waals surface area contributed by atoms with Crippen LogP contribution in [0.4, 0.5) is 5.69 Å². The topological polar surface area (TPSA) is 88.8 Å². The Labute approximate surface area is 143 Å². The number of aromatic nitrogens is 1. The summed E-state index contributed by atoms with van der Waals surface area (Å²) in [6, 6.07) is 4.98. The van der Waals surface area contributed by atoms with E-state index in [1.807, 2.05) is 0 Å². The molecule has 126 valence electrons. The molecule has 7 nitrogen and oxygen atoms in total. The van der Waals surface area contributed by atoms with Gasteiger partial charge in [-0.15, -0.1) is 11.3 Å². The lowest BCUT2D eigenvalue weighted by molar-refractivity contribution is 0.0531. The molecule has 1 aromatic carbocycles. The first-order valence-electron chi connectivity index (χ1n) is 7.50. The number of anilines is 1. The number of ether oxygens (including phenoxy) is 1. The molecule has 1 fully saturated rings. The van der Waals surface area contributed by atoms with Crippen molar-refractivity contribution in [1.82, 2.24) is 14.8 Å². The van der Waals surface area contributed by atoms with Crippen LogP contribution in [0.2, 0.25) is 0 Å². The SMILES string of the molecule is COc1cc(N)ccc1C(=O)N1CCN(C(=O)c2cscn2)CC1. The van der Waals surface area contributed by atoms with E-state index in [-0.39, 0.29) is 11.8 Å².